The van der Waals surface area contributed by atoms with Gasteiger partial charge in [0.25, 0.3) is 0 Å². The van der Waals surface area contributed by atoms with Gasteiger partial charge in [0.2, 0.25) is 0 Å². The second-order valence-corrected chi connectivity index (χ2v) is 3.96. The van der Waals surface area contributed by atoms with E-state index in [1.807, 2.05) is 6.92 Å². The van der Waals surface area contributed by atoms with E-state index in [1.54, 1.807) is 0 Å². The van der Waals surface area contributed by atoms with Crippen LogP contribution in [0.3, 0.4) is 0 Å². The van der Waals surface area contributed by atoms with Gasteiger partial charge in [0.1, 0.15) is 0 Å². The van der Waals surface area contributed by atoms with E-state index in [2.05, 4.69) is 16.0 Å². The van der Waals surface area contributed by atoms with Crippen molar-refractivity contribution >= 4 is 0 Å². The zero-order valence-corrected chi connectivity index (χ0v) is 8.16. The molecule has 1 aromatic heterocycles. The number of aromatic nitrogens is 2. The third-order valence-electron chi connectivity index (χ3n) is 2.94. The number of hydrogen-bond donors (Lipinski definition) is 1. The fourth-order valence-electron chi connectivity index (χ4n) is 1.79. The molecule has 2 N–H and O–H groups in total. The highest BCUT2D eigenvalue weighted by Crippen LogP contribution is 2.27. The summed E-state index contributed by atoms with van der Waals surface area (Å²) in [6.45, 7) is 3.72. The summed E-state index contributed by atoms with van der Waals surface area (Å²) in [5, 5.41) is 4.44. The highest BCUT2D eigenvalue weighted by molar-refractivity contribution is 5.14. The van der Waals surface area contributed by atoms with Crippen LogP contribution in [0.1, 0.15) is 30.5 Å². The van der Waals surface area contributed by atoms with Gasteiger partial charge in [-0.2, -0.15) is 5.10 Å². The van der Waals surface area contributed by atoms with Crippen LogP contribution in [0.2, 0.25) is 0 Å². The quantitative estimate of drug-likeness (QED) is 0.763. The normalized spacial score (nSPS) is 17.4. The van der Waals surface area contributed by atoms with Gasteiger partial charge in [-0.1, -0.05) is 6.42 Å². The van der Waals surface area contributed by atoms with Crippen LogP contribution in [0.4, 0.5) is 0 Å². The topological polar surface area (TPSA) is 43.8 Å². The molecule has 0 aliphatic heterocycles. The first-order valence-corrected chi connectivity index (χ1v) is 5.02. The van der Waals surface area contributed by atoms with Gasteiger partial charge in [-0.05, 0) is 25.7 Å². The van der Waals surface area contributed by atoms with Crippen LogP contribution in [0, 0.1) is 12.8 Å². The summed E-state index contributed by atoms with van der Waals surface area (Å²) in [7, 11) is 0. The van der Waals surface area contributed by atoms with Gasteiger partial charge < -0.3 is 5.73 Å². The molecule has 3 nitrogen and oxygen atoms in total. The van der Waals surface area contributed by atoms with E-state index in [0.29, 0.717) is 6.54 Å². The van der Waals surface area contributed by atoms with E-state index in [4.69, 9.17) is 5.73 Å². The minimum absolute atomic E-state index is 0.608. The predicted molar refractivity (Wildman–Crippen MR) is 52.2 cm³/mol. The molecule has 1 fully saturated rings. The lowest BCUT2D eigenvalue weighted by atomic mass is 9.85. The summed E-state index contributed by atoms with van der Waals surface area (Å²) < 4.78 is 2.06. The van der Waals surface area contributed by atoms with E-state index in [-0.39, 0.29) is 0 Å². The summed E-state index contributed by atoms with van der Waals surface area (Å²) >= 11 is 0. The van der Waals surface area contributed by atoms with Crippen LogP contribution in [0.5, 0.6) is 0 Å². The zero-order valence-electron chi connectivity index (χ0n) is 8.16. The molecule has 0 spiro atoms. The van der Waals surface area contributed by atoms with Crippen molar-refractivity contribution in [2.45, 2.75) is 39.3 Å². The van der Waals surface area contributed by atoms with E-state index in [0.717, 1.165) is 18.2 Å². The van der Waals surface area contributed by atoms with E-state index < -0.39 is 0 Å². The Morgan fingerprint density at radius 3 is 2.85 bits per heavy atom. The molecule has 1 saturated carbocycles. The molecule has 1 aliphatic carbocycles. The molecule has 0 saturated heterocycles. The van der Waals surface area contributed by atoms with Gasteiger partial charge in [-0.3, -0.25) is 4.68 Å². The standard InChI is InChI=1S/C10H17N3/c1-8-10(5-11)7-13(12-8)6-9-3-2-4-9/h7,9H,2-6,11H2,1H3. The number of rotatable bonds is 3. The maximum absolute atomic E-state index is 5.59. The number of nitrogens with zero attached hydrogens (tertiary/aromatic N) is 2. The van der Waals surface area contributed by atoms with Crippen molar-refractivity contribution in [2.24, 2.45) is 11.7 Å². The predicted octanol–water partition coefficient (Wildman–Crippen LogP) is 1.45. The summed E-state index contributed by atoms with van der Waals surface area (Å²) in [5.41, 5.74) is 7.85. The smallest absolute Gasteiger partial charge is 0.0638 e. The SMILES string of the molecule is Cc1nn(CC2CCC2)cc1CN. The highest BCUT2D eigenvalue weighted by Gasteiger charge is 2.18. The van der Waals surface area contributed by atoms with Crippen molar-refractivity contribution in [1.82, 2.24) is 9.78 Å². The molecule has 13 heavy (non-hydrogen) atoms. The van der Waals surface area contributed by atoms with E-state index in [9.17, 15) is 0 Å². The van der Waals surface area contributed by atoms with Crippen LogP contribution in [0.15, 0.2) is 6.20 Å². The Hall–Kier alpha value is -0.830. The Morgan fingerprint density at radius 1 is 1.62 bits per heavy atom. The Morgan fingerprint density at radius 2 is 2.38 bits per heavy atom. The van der Waals surface area contributed by atoms with Crippen LogP contribution in [-0.2, 0) is 13.1 Å². The van der Waals surface area contributed by atoms with Gasteiger partial charge in [0, 0.05) is 24.8 Å². The molecular formula is C10H17N3. The third kappa shape index (κ3) is 1.75. The molecule has 0 amide bonds. The van der Waals surface area contributed by atoms with Crippen LogP contribution < -0.4 is 5.73 Å². The van der Waals surface area contributed by atoms with Gasteiger partial charge in [-0.25, -0.2) is 0 Å². The number of aryl methyl sites for hydroxylation is 1. The lowest BCUT2D eigenvalue weighted by Crippen LogP contribution is -2.18. The van der Waals surface area contributed by atoms with Gasteiger partial charge >= 0.3 is 0 Å². The zero-order chi connectivity index (χ0) is 9.26. The number of hydrogen-bond acceptors (Lipinski definition) is 2. The van der Waals surface area contributed by atoms with Gasteiger partial charge in [0.05, 0.1) is 5.69 Å². The molecule has 1 aromatic rings. The molecule has 0 radical (unpaired) electrons. The van der Waals surface area contributed by atoms with Crippen molar-refractivity contribution in [3.8, 4) is 0 Å². The second-order valence-electron chi connectivity index (χ2n) is 3.96. The van der Waals surface area contributed by atoms with E-state index in [1.165, 1.54) is 24.8 Å². The molecule has 0 bridgehead atoms. The fourth-order valence-corrected chi connectivity index (χ4v) is 1.79. The van der Waals surface area contributed by atoms with Crippen LogP contribution in [-0.4, -0.2) is 9.78 Å². The van der Waals surface area contributed by atoms with Crippen molar-refractivity contribution in [2.75, 3.05) is 0 Å². The summed E-state index contributed by atoms with van der Waals surface area (Å²) in [6.07, 6.45) is 6.23. The molecule has 1 aliphatic rings. The van der Waals surface area contributed by atoms with Crippen molar-refractivity contribution in [3.63, 3.8) is 0 Å². The minimum atomic E-state index is 0.608. The maximum atomic E-state index is 5.59. The molecule has 1 heterocycles. The first kappa shape index (κ1) is 8.75. The largest absolute Gasteiger partial charge is 0.326 e. The molecule has 0 unspecified atom stereocenters. The molecular weight excluding hydrogens is 162 g/mol. The Labute approximate surface area is 78.9 Å². The minimum Gasteiger partial charge on any atom is -0.326 e. The van der Waals surface area contributed by atoms with E-state index >= 15 is 0 Å². The van der Waals surface area contributed by atoms with Gasteiger partial charge in [-0.15, -0.1) is 0 Å². The first-order valence-electron chi connectivity index (χ1n) is 5.02. The monoisotopic (exact) mass is 179 g/mol. The summed E-state index contributed by atoms with van der Waals surface area (Å²) in [6, 6.07) is 0. The van der Waals surface area contributed by atoms with Crippen molar-refractivity contribution < 1.29 is 0 Å². The molecule has 0 atom stereocenters. The first-order chi connectivity index (χ1) is 6.29. The lowest BCUT2D eigenvalue weighted by molar-refractivity contribution is 0.266. The average molecular weight is 179 g/mol. The third-order valence-corrected chi connectivity index (χ3v) is 2.94. The summed E-state index contributed by atoms with van der Waals surface area (Å²) in [4.78, 5) is 0. The second kappa shape index (κ2) is 3.50. The summed E-state index contributed by atoms with van der Waals surface area (Å²) in [5.74, 6) is 0.866. The Balaban J connectivity index is 2.03. The lowest BCUT2D eigenvalue weighted by Gasteiger charge is -2.24. The van der Waals surface area contributed by atoms with Crippen LogP contribution in [0.25, 0.3) is 0 Å². The average Bonchev–Trinajstić information content (AvgIpc) is 2.39. The van der Waals surface area contributed by atoms with Crippen molar-refractivity contribution in [1.29, 1.82) is 0 Å². The Bertz CT molecular complexity index is 286. The van der Waals surface area contributed by atoms with Crippen LogP contribution >= 0.6 is 0 Å². The molecule has 0 aromatic carbocycles. The van der Waals surface area contributed by atoms with Gasteiger partial charge in [0.15, 0.2) is 0 Å². The molecule has 3 heteroatoms. The maximum Gasteiger partial charge on any atom is 0.0638 e. The number of nitrogens with two attached hydrogens (primary N) is 1. The van der Waals surface area contributed by atoms with Crippen molar-refractivity contribution in [3.05, 3.63) is 17.5 Å². The molecule has 2 rings (SSSR count). The molecule has 72 valence electrons. The highest BCUT2D eigenvalue weighted by atomic mass is 15.3. The Kier molecular flexibility index (Phi) is 2.36. The fraction of sp³-hybridized carbons (Fsp3) is 0.700.